The van der Waals surface area contributed by atoms with Crippen LogP contribution in [0.5, 0.6) is 11.5 Å². The van der Waals surface area contributed by atoms with Gasteiger partial charge in [-0.2, -0.15) is 0 Å². The van der Waals surface area contributed by atoms with Gasteiger partial charge in [0.2, 0.25) is 11.8 Å². The van der Waals surface area contributed by atoms with E-state index in [2.05, 4.69) is 16.2 Å². The highest BCUT2D eigenvalue weighted by molar-refractivity contribution is 6.31. The fourth-order valence-electron chi connectivity index (χ4n) is 2.84. The van der Waals surface area contributed by atoms with Gasteiger partial charge in [-0.05, 0) is 43.7 Å². The van der Waals surface area contributed by atoms with Gasteiger partial charge in [0.25, 0.3) is 5.91 Å². The van der Waals surface area contributed by atoms with Gasteiger partial charge in [-0.15, -0.1) is 0 Å². The number of hydrogen-bond donors (Lipinski definition) is 3. The van der Waals surface area contributed by atoms with Crippen molar-refractivity contribution in [2.45, 2.75) is 39.3 Å². The summed E-state index contributed by atoms with van der Waals surface area (Å²) >= 11 is 6.19. The van der Waals surface area contributed by atoms with Crippen molar-refractivity contribution in [3.05, 3.63) is 58.6 Å². The Hall–Kier alpha value is -3.26. The zero-order valence-corrected chi connectivity index (χ0v) is 18.6. The maximum Gasteiger partial charge on any atom is 0.269 e. The molecule has 0 saturated heterocycles. The van der Waals surface area contributed by atoms with E-state index in [0.29, 0.717) is 22.1 Å². The Kier molecular flexibility index (Phi) is 8.69. The van der Waals surface area contributed by atoms with Crippen LogP contribution in [-0.4, -0.2) is 30.9 Å². The second-order valence-corrected chi connectivity index (χ2v) is 7.42. The highest BCUT2D eigenvalue weighted by Gasteiger charge is 2.20. The first-order valence-corrected chi connectivity index (χ1v) is 10.0. The van der Waals surface area contributed by atoms with Crippen LogP contribution in [0.2, 0.25) is 5.02 Å². The number of benzene rings is 2. The van der Waals surface area contributed by atoms with Crippen LogP contribution in [0.25, 0.3) is 0 Å². The van der Waals surface area contributed by atoms with Crippen LogP contribution in [0.3, 0.4) is 0 Å². The third-order valence-corrected chi connectivity index (χ3v) is 4.50. The van der Waals surface area contributed by atoms with Crippen LogP contribution in [0, 0.1) is 0 Å². The van der Waals surface area contributed by atoms with Crippen LogP contribution in [0.4, 0.5) is 0 Å². The Bertz CT molecular complexity index is 948. The number of rotatable bonds is 8. The maximum atomic E-state index is 12.4. The van der Waals surface area contributed by atoms with E-state index in [4.69, 9.17) is 21.1 Å². The number of methoxy groups -OCH3 is 1. The average Bonchev–Trinajstić information content (AvgIpc) is 2.71. The number of halogens is 1. The molecule has 1 atom stereocenters. The van der Waals surface area contributed by atoms with E-state index in [1.54, 1.807) is 36.4 Å². The third-order valence-electron chi connectivity index (χ3n) is 4.15. The average molecular weight is 448 g/mol. The van der Waals surface area contributed by atoms with Crippen molar-refractivity contribution in [2.24, 2.45) is 0 Å². The highest BCUT2D eigenvalue weighted by Crippen LogP contribution is 2.29. The molecule has 0 aromatic heterocycles. The van der Waals surface area contributed by atoms with E-state index in [0.717, 1.165) is 0 Å². The van der Waals surface area contributed by atoms with E-state index < -0.39 is 17.9 Å². The summed E-state index contributed by atoms with van der Waals surface area (Å²) in [4.78, 5) is 36.4. The second-order valence-electron chi connectivity index (χ2n) is 7.01. The molecule has 0 heterocycles. The molecule has 2 aromatic rings. The summed E-state index contributed by atoms with van der Waals surface area (Å²) in [6.07, 6.45) is -0.170. The standard InChI is InChI=1S/C22H26ClN3O5/c1-13(2)31-19-10-9-15(11-20(19)30-4)22(29)26-25-21(28)12-18(24-14(3)27)16-7-5-6-8-17(16)23/h5-11,13,18H,12H2,1-4H3,(H,24,27)(H,25,28)(H,26,29)/t18-/m1/s1. The molecule has 3 N–H and O–H groups in total. The molecule has 0 spiro atoms. The predicted molar refractivity (Wildman–Crippen MR) is 117 cm³/mol. The normalized spacial score (nSPS) is 11.4. The van der Waals surface area contributed by atoms with E-state index in [1.807, 2.05) is 13.8 Å². The quantitative estimate of drug-likeness (QED) is 0.539. The Morgan fingerprint density at radius 1 is 1.03 bits per heavy atom. The lowest BCUT2D eigenvalue weighted by Crippen LogP contribution is -2.43. The minimum absolute atomic E-state index is 0.0532. The molecule has 0 saturated carbocycles. The summed E-state index contributed by atoms with van der Waals surface area (Å²) in [7, 11) is 1.48. The molecule has 2 rings (SSSR count). The Morgan fingerprint density at radius 3 is 2.35 bits per heavy atom. The zero-order valence-electron chi connectivity index (χ0n) is 17.8. The highest BCUT2D eigenvalue weighted by atomic mass is 35.5. The molecule has 9 heteroatoms. The first kappa shape index (κ1) is 24.0. The largest absolute Gasteiger partial charge is 0.493 e. The lowest BCUT2D eigenvalue weighted by atomic mass is 10.0. The smallest absolute Gasteiger partial charge is 0.269 e. The second kappa shape index (κ2) is 11.2. The summed E-state index contributed by atoms with van der Waals surface area (Å²) in [5, 5.41) is 3.12. The van der Waals surface area contributed by atoms with Crippen molar-refractivity contribution in [3.8, 4) is 11.5 Å². The van der Waals surface area contributed by atoms with E-state index >= 15 is 0 Å². The summed E-state index contributed by atoms with van der Waals surface area (Å²) in [5.41, 5.74) is 5.59. The third kappa shape index (κ3) is 7.18. The molecule has 0 fully saturated rings. The van der Waals surface area contributed by atoms with E-state index in [1.165, 1.54) is 20.1 Å². The van der Waals surface area contributed by atoms with Crippen molar-refractivity contribution < 1.29 is 23.9 Å². The van der Waals surface area contributed by atoms with Gasteiger partial charge in [-0.25, -0.2) is 0 Å². The first-order valence-electron chi connectivity index (χ1n) is 9.66. The summed E-state index contributed by atoms with van der Waals surface area (Å²) in [6, 6.07) is 11.0. The van der Waals surface area contributed by atoms with Crippen molar-refractivity contribution in [3.63, 3.8) is 0 Å². The molecule has 31 heavy (non-hydrogen) atoms. The molecule has 2 aromatic carbocycles. The molecule has 3 amide bonds. The summed E-state index contributed by atoms with van der Waals surface area (Å²) in [6.45, 7) is 5.11. The molecule has 0 aliphatic heterocycles. The first-order chi connectivity index (χ1) is 14.7. The van der Waals surface area contributed by atoms with Crippen molar-refractivity contribution in [1.29, 1.82) is 0 Å². The van der Waals surface area contributed by atoms with Gasteiger partial charge < -0.3 is 14.8 Å². The van der Waals surface area contributed by atoms with Crippen molar-refractivity contribution in [2.75, 3.05) is 7.11 Å². The number of nitrogens with one attached hydrogen (secondary N) is 3. The minimum atomic E-state index is -0.643. The number of hydrogen-bond acceptors (Lipinski definition) is 5. The molecule has 0 aliphatic rings. The molecular formula is C22H26ClN3O5. The summed E-state index contributed by atoms with van der Waals surface area (Å²) in [5.74, 6) is -0.430. The van der Waals surface area contributed by atoms with Crippen LogP contribution >= 0.6 is 11.6 Å². The lowest BCUT2D eigenvalue weighted by molar-refractivity contribution is -0.123. The predicted octanol–water partition coefficient (Wildman–Crippen LogP) is 3.16. The van der Waals surface area contributed by atoms with E-state index in [-0.39, 0.29) is 24.0 Å². The van der Waals surface area contributed by atoms with Gasteiger partial charge in [-0.1, -0.05) is 29.8 Å². The molecule has 8 nitrogen and oxygen atoms in total. The fourth-order valence-corrected chi connectivity index (χ4v) is 3.10. The number of hydrazine groups is 1. The van der Waals surface area contributed by atoms with Crippen LogP contribution in [-0.2, 0) is 9.59 Å². The van der Waals surface area contributed by atoms with Crippen LogP contribution in [0.15, 0.2) is 42.5 Å². The van der Waals surface area contributed by atoms with E-state index in [9.17, 15) is 14.4 Å². The van der Waals surface area contributed by atoms with Crippen LogP contribution in [0.1, 0.15) is 49.2 Å². The monoisotopic (exact) mass is 447 g/mol. The van der Waals surface area contributed by atoms with Crippen molar-refractivity contribution in [1.82, 2.24) is 16.2 Å². The van der Waals surface area contributed by atoms with Gasteiger partial charge in [-0.3, -0.25) is 25.2 Å². The molecular weight excluding hydrogens is 422 g/mol. The number of carbonyl (C=O) groups is 3. The molecule has 0 aliphatic carbocycles. The molecule has 0 unspecified atom stereocenters. The van der Waals surface area contributed by atoms with Gasteiger partial charge in [0.05, 0.1) is 25.7 Å². The van der Waals surface area contributed by atoms with Crippen LogP contribution < -0.4 is 25.6 Å². The Labute approximate surface area is 186 Å². The molecule has 0 radical (unpaired) electrons. The number of carbonyl (C=O) groups excluding carboxylic acids is 3. The Balaban J connectivity index is 2.03. The number of amides is 3. The van der Waals surface area contributed by atoms with Gasteiger partial charge in [0.15, 0.2) is 11.5 Å². The number of ether oxygens (including phenoxy) is 2. The van der Waals surface area contributed by atoms with Gasteiger partial charge in [0, 0.05) is 17.5 Å². The topological polar surface area (TPSA) is 106 Å². The van der Waals surface area contributed by atoms with Gasteiger partial charge >= 0.3 is 0 Å². The minimum Gasteiger partial charge on any atom is -0.493 e. The molecule has 166 valence electrons. The molecule has 0 bridgehead atoms. The SMILES string of the molecule is COc1cc(C(=O)NNC(=O)C[C@@H](NC(C)=O)c2ccccc2Cl)ccc1OC(C)C. The Morgan fingerprint density at radius 2 is 1.74 bits per heavy atom. The van der Waals surface area contributed by atoms with Crippen molar-refractivity contribution >= 4 is 29.3 Å². The fraction of sp³-hybridized carbons (Fsp3) is 0.318. The maximum absolute atomic E-state index is 12.4. The summed E-state index contributed by atoms with van der Waals surface area (Å²) < 4.78 is 10.9. The lowest BCUT2D eigenvalue weighted by Gasteiger charge is -2.19. The zero-order chi connectivity index (χ0) is 23.0. The van der Waals surface area contributed by atoms with Gasteiger partial charge in [0.1, 0.15) is 0 Å².